The normalized spacial score (nSPS) is 12.5. The number of aromatic nitrogens is 4. The largest absolute Gasteiger partial charge is 0.367 e. The number of nitrogens with one attached hydrogen (secondary N) is 2. The first-order valence-corrected chi connectivity index (χ1v) is 6.69. The van der Waals surface area contributed by atoms with Crippen molar-refractivity contribution in [3.63, 3.8) is 0 Å². The highest BCUT2D eigenvalue weighted by molar-refractivity contribution is 5.88. The Balaban J connectivity index is 1.79. The van der Waals surface area contributed by atoms with E-state index in [1.54, 1.807) is 6.33 Å². The number of aryl methyl sites for hydroxylation is 1. The molecule has 0 aliphatic rings. The summed E-state index contributed by atoms with van der Waals surface area (Å²) < 4.78 is 0. The molecule has 1 aromatic carbocycles. The number of anilines is 1. The molecule has 3 rings (SSSR count). The van der Waals surface area contributed by atoms with Crippen LogP contribution in [0.3, 0.4) is 0 Å². The second-order valence-electron chi connectivity index (χ2n) is 5.03. The molecule has 5 heteroatoms. The van der Waals surface area contributed by atoms with Crippen LogP contribution in [0.1, 0.15) is 18.3 Å². The first-order chi connectivity index (χ1) is 9.72. The van der Waals surface area contributed by atoms with E-state index in [9.17, 15) is 0 Å². The van der Waals surface area contributed by atoms with Crippen LogP contribution in [-0.4, -0.2) is 26.2 Å². The number of hydrogen-bond donors (Lipinski definition) is 2. The molecule has 20 heavy (non-hydrogen) atoms. The van der Waals surface area contributed by atoms with Gasteiger partial charge in [-0.2, -0.15) is 5.10 Å². The van der Waals surface area contributed by atoms with Crippen molar-refractivity contribution in [3.8, 4) is 0 Å². The van der Waals surface area contributed by atoms with Gasteiger partial charge in [-0.25, -0.2) is 9.97 Å². The first kappa shape index (κ1) is 12.6. The number of benzene rings is 1. The second-order valence-corrected chi connectivity index (χ2v) is 5.03. The number of fused-ring (bicyclic) bond motifs is 1. The summed E-state index contributed by atoms with van der Waals surface area (Å²) in [6.07, 6.45) is 2.44. The maximum Gasteiger partial charge on any atom is 0.137 e. The highest BCUT2D eigenvalue weighted by Gasteiger charge is 2.09. The molecule has 3 aromatic rings. The van der Waals surface area contributed by atoms with Crippen molar-refractivity contribution in [3.05, 3.63) is 48.0 Å². The van der Waals surface area contributed by atoms with E-state index < -0.39 is 0 Å². The van der Waals surface area contributed by atoms with Gasteiger partial charge in [0.15, 0.2) is 0 Å². The van der Waals surface area contributed by atoms with Gasteiger partial charge in [-0.05, 0) is 32.0 Å². The summed E-state index contributed by atoms with van der Waals surface area (Å²) in [5.74, 6) is 0.871. The number of hydrogen-bond acceptors (Lipinski definition) is 4. The smallest absolute Gasteiger partial charge is 0.137 e. The first-order valence-electron chi connectivity index (χ1n) is 6.69. The predicted molar refractivity (Wildman–Crippen MR) is 79.7 cm³/mol. The van der Waals surface area contributed by atoms with Crippen molar-refractivity contribution in [1.29, 1.82) is 0 Å². The quantitative estimate of drug-likeness (QED) is 0.762. The summed E-state index contributed by atoms with van der Waals surface area (Å²) in [5.41, 5.74) is 3.09. The Kier molecular flexibility index (Phi) is 3.33. The lowest BCUT2D eigenvalue weighted by Gasteiger charge is -2.14. The number of aromatic amines is 1. The molecule has 5 nitrogen and oxygen atoms in total. The average Bonchev–Trinajstić information content (AvgIpc) is 2.84. The van der Waals surface area contributed by atoms with Gasteiger partial charge in [-0.15, -0.1) is 0 Å². The van der Waals surface area contributed by atoms with E-state index in [1.165, 1.54) is 0 Å². The fourth-order valence-electron chi connectivity index (χ4n) is 2.30. The second kappa shape index (κ2) is 5.28. The standard InChI is InChI=1S/C15H17N5/c1-10(7-12-8-11(2)19-20-12)18-15-13-5-3-4-6-14(13)16-9-17-15/h3-6,8-10H,7H2,1-2H3,(H,19,20)(H,16,17,18). The van der Waals surface area contributed by atoms with Crippen LogP contribution in [0.2, 0.25) is 0 Å². The van der Waals surface area contributed by atoms with Gasteiger partial charge in [0.2, 0.25) is 0 Å². The lowest BCUT2D eigenvalue weighted by Crippen LogP contribution is -2.19. The fraction of sp³-hybridized carbons (Fsp3) is 0.267. The molecule has 0 fully saturated rings. The molecule has 0 saturated heterocycles. The van der Waals surface area contributed by atoms with Crippen LogP contribution in [-0.2, 0) is 6.42 Å². The summed E-state index contributed by atoms with van der Waals surface area (Å²) in [7, 11) is 0. The molecular weight excluding hydrogens is 250 g/mol. The number of H-pyrrole nitrogens is 1. The van der Waals surface area contributed by atoms with Crippen molar-refractivity contribution < 1.29 is 0 Å². The monoisotopic (exact) mass is 267 g/mol. The Morgan fingerprint density at radius 3 is 2.90 bits per heavy atom. The van der Waals surface area contributed by atoms with Gasteiger partial charge in [0.1, 0.15) is 12.1 Å². The molecule has 0 radical (unpaired) electrons. The van der Waals surface area contributed by atoms with Crippen molar-refractivity contribution in [2.24, 2.45) is 0 Å². The lowest BCUT2D eigenvalue weighted by molar-refractivity contribution is 0.761. The van der Waals surface area contributed by atoms with Crippen LogP contribution >= 0.6 is 0 Å². The van der Waals surface area contributed by atoms with E-state index in [0.29, 0.717) is 0 Å². The molecule has 0 saturated carbocycles. The van der Waals surface area contributed by atoms with Crippen LogP contribution in [0.25, 0.3) is 10.9 Å². The van der Waals surface area contributed by atoms with E-state index in [2.05, 4.69) is 38.5 Å². The van der Waals surface area contributed by atoms with Gasteiger partial charge < -0.3 is 5.32 Å². The average molecular weight is 267 g/mol. The third kappa shape index (κ3) is 2.61. The lowest BCUT2D eigenvalue weighted by atomic mass is 10.1. The van der Waals surface area contributed by atoms with Crippen molar-refractivity contribution in [2.45, 2.75) is 26.3 Å². The summed E-state index contributed by atoms with van der Waals surface area (Å²) in [6.45, 7) is 4.13. The van der Waals surface area contributed by atoms with Crippen LogP contribution in [0.5, 0.6) is 0 Å². The molecule has 102 valence electrons. The third-order valence-electron chi connectivity index (χ3n) is 3.20. The van der Waals surface area contributed by atoms with Gasteiger partial charge in [-0.3, -0.25) is 5.10 Å². The van der Waals surface area contributed by atoms with E-state index in [0.717, 1.165) is 34.5 Å². The van der Waals surface area contributed by atoms with Gasteiger partial charge in [0, 0.05) is 23.5 Å². The van der Waals surface area contributed by atoms with Crippen molar-refractivity contribution in [2.75, 3.05) is 5.32 Å². The number of nitrogens with zero attached hydrogens (tertiary/aromatic N) is 3. The summed E-state index contributed by atoms with van der Waals surface area (Å²) >= 11 is 0. The Bertz CT molecular complexity index is 714. The molecule has 1 unspecified atom stereocenters. The van der Waals surface area contributed by atoms with Crippen molar-refractivity contribution >= 4 is 16.7 Å². The maximum absolute atomic E-state index is 4.34. The molecule has 0 spiro atoms. The SMILES string of the molecule is Cc1cc(CC(C)Nc2ncnc3ccccc23)n[nH]1. The Labute approximate surface area is 117 Å². The molecule has 2 N–H and O–H groups in total. The fourth-order valence-corrected chi connectivity index (χ4v) is 2.30. The van der Waals surface area contributed by atoms with Crippen molar-refractivity contribution in [1.82, 2.24) is 20.2 Å². The van der Waals surface area contributed by atoms with Gasteiger partial charge >= 0.3 is 0 Å². The molecule has 2 aromatic heterocycles. The number of para-hydroxylation sites is 1. The maximum atomic E-state index is 4.34. The Hall–Kier alpha value is -2.43. The van der Waals surface area contributed by atoms with E-state index in [4.69, 9.17) is 0 Å². The molecule has 0 amide bonds. The summed E-state index contributed by atoms with van der Waals surface area (Å²) in [6, 6.07) is 10.3. The number of rotatable bonds is 4. The molecule has 0 aliphatic heterocycles. The molecule has 1 atom stereocenters. The van der Waals surface area contributed by atoms with Gasteiger partial charge in [0.05, 0.1) is 11.2 Å². The highest BCUT2D eigenvalue weighted by Crippen LogP contribution is 2.19. The van der Waals surface area contributed by atoms with Crippen LogP contribution < -0.4 is 5.32 Å². The minimum absolute atomic E-state index is 0.246. The molecular formula is C15H17N5. The molecule has 0 aliphatic carbocycles. The predicted octanol–water partition coefficient (Wildman–Crippen LogP) is 2.70. The van der Waals surface area contributed by atoms with E-state index in [1.807, 2.05) is 31.2 Å². The molecule has 0 bridgehead atoms. The van der Waals surface area contributed by atoms with Crippen LogP contribution in [0.4, 0.5) is 5.82 Å². The Morgan fingerprint density at radius 1 is 1.25 bits per heavy atom. The zero-order valence-electron chi connectivity index (χ0n) is 11.6. The summed E-state index contributed by atoms with van der Waals surface area (Å²) in [4.78, 5) is 8.61. The topological polar surface area (TPSA) is 66.5 Å². The third-order valence-corrected chi connectivity index (χ3v) is 3.20. The zero-order chi connectivity index (χ0) is 13.9. The van der Waals surface area contributed by atoms with E-state index in [-0.39, 0.29) is 6.04 Å². The van der Waals surface area contributed by atoms with Crippen LogP contribution in [0, 0.1) is 6.92 Å². The van der Waals surface area contributed by atoms with Gasteiger partial charge in [-0.1, -0.05) is 12.1 Å². The van der Waals surface area contributed by atoms with Gasteiger partial charge in [0.25, 0.3) is 0 Å². The van der Waals surface area contributed by atoms with Crippen LogP contribution in [0.15, 0.2) is 36.7 Å². The zero-order valence-corrected chi connectivity index (χ0v) is 11.6. The van der Waals surface area contributed by atoms with E-state index >= 15 is 0 Å². The minimum Gasteiger partial charge on any atom is -0.367 e. The molecule has 2 heterocycles. The summed E-state index contributed by atoms with van der Waals surface area (Å²) in [5, 5.41) is 11.7. The highest BCUT2D eigenvalue weighted by atomic mass is 15.1. The minimum atomic E-state index is 0.246. The Morgan fingerprint density at radius 2 is 2.10 bits per heavy atom.